The summed E-state index contributed by atoms with van der Waals surface area (Å²) in [5.74, 6) is 1.04. The van der Waals surface area contributed by atoms with Gasteiger partial charge in [-0.25, -0.2) is 9.37 Å². The highest BCUT2D eigenvalue weighted by molar-refractivity contribution is 6.31. The third-order valence-corrected chi connectivity index (χ3v) is 3.51. The summed E-state index contributed by atoms with van der Waals surface area (Å²) in [5, 5.41) is 0.637. The molecule has 0 unspecified atom stereocenters. The van der Waals surface area contributed by atoms with Gasteiger partial charge in [0.2, 0.25) is 0 Å². The number of alkyl halides is 1. The molecule has 1 aromatic heterocycles. The first-order valence-electron chi connectivity index (χ1n) is 6.18. The van der Waals surface area contributed by atoms with E-state index >= 15 is 0 Å². The first-order chi connectivity index (χ1) is 9.69. The van der Waals surface area contributed by atoms with E-state index in [-0.39, 0.29) is 5.82 Å². The molecule has 0 bridgehead atoms. The maximum atomic E-state index is 13.1. The highest BCUT2D eigenvalue weighted by Gasteiger charge is 2.12. The second-order valence-electron chi connectivity index (χ2n) is 4.41. The minimum absolute atomic E-state index is 0.268. The number of hydrogen-bond acceptors (Lipinski definition) is 1. The lowest BCUT2D eigenvalue weighted by Gasteiger charge is -2.08. The van der Waals surface area contributed by atoms with Gasteiger partial charge in [-0.1, -0.05) is 11.6 Å². The molecule has 2 nitrogen and oxygen atoms in total. The van der Waals surface area contributed by atoms with E-state index < -0.39 is 0 Å². The molecule has 5 heteroatoms. The largest absolute Gasteiger partial charge is 0.296 e. The summed E-state index contributed by atoms with van der Waals surface area (Å²) < 4.78 is 15.0. The SMILES string of the molecule is Fc1ccc(-n2c(CCCl)nc3ccc(Cl)cc32)cc1. The van der Waals surface area contributed by atoms with Crippen LogP contribution in [0.5, 0.6) is 0 Å². The Balaban J connectivity index is 2.27. The number of rotatable bonds is 3. The molecule has 0 atom stereocenters. The Morgan fingerprint density at radius 3 is 2.55 bits per heavy atom. The highest BCUT2D eigenvalue weighted by atomic mass is 35.5. The molecule has 0 aliphatic carbocycles. The minimum atomic E-state index is -0.268. The van der Waals surface area contributed by atoms with Gasteiger partial charge in [-0.2, -0.15) is 0 Å². The van der Waals surface area contributed by atoms with Crippen LogP contribution in [0.1, 0.15) is 5.82 Å². The minimum Gasteiger partial charge on any atom is -0.296 e. The molecule has 0 N–H and O–H groups in total. The zero-order valence-corrected chi connectivity index (χ0v) is 12.0. The molecule has 1 heterocycles. The lowest BCUT2D eigenvalue weighted by molar-refractivity contribution is 0.627. The predicted molar refractivity (Wildman–Crippen MR) is 80.5 cm³/mol. The monoisotopic (exact) mass is 308 g/mol. The summed E-state index contributed by atoms with van der Waals surface area (Å²) in [6, 6.07) is 11.8. The zero-order valence-electron chi connectivity index (χ0n) is 10.5. The van der Waals surface area contributed by atoms with E-state index in [1.165, 1.54) is 12.1 Å². The number of benzene rings is 2. The van der Waals surface area contributed by atoms with Crippen molar-refractivity contribution in [1.82, 2.24) is 9.55 Å². The molecule has 0 amide bonds. The molecule has 0 spiro atoms. The van der Waals surface area contributed by atoms with Crippen LogP contribution >= 0.6 is 23.2 Å². The van der Waals surface area contributed by atoms with Crippen molar-refractivity contribution >= 4 is 34.2 Å². The van der Waals surface area contributed by atoms with Crippen LogP contribution < -0.4 is 0 Å². The van der Waals surface area contributed by atoms with Gasteiger partial charge in [0.1, 0.15) is 11.6 Å². The fourth-order valence-corrected chi connectivity index (χ4v) is 2.56. The standard InChI is InChI=1S/C15H11Cl2FN2/c16-8-7-15-19-13-6-1-10(17)9-14(13)20(15)12-4-2-11(18)3-5-12/h1-6,9H,7-8H2. The van der Waals surface area contributed by atoms with Gasteiger partial charge >= 0.3 is 0 Å². The summed E-state index contributed by atoms with van der Waals surface area (Å²) in [5.41, 5.74) is 2.58. The molecule has 0 aliphatic heterocycles. The van der Waals surface area contributed by atoms with Crippen LogP contribution in [0.4, 0.5) is 4.39 Å². The summed E-state index contributed by atoms with van der Waals surface area (Å²) in [7, 11) is 0. The molecule has 3 aromatic rings. The highest BCUT2D eigenvalue weighted by Crippen LogP contribution is 2.25. The molecular weight excluding hydrogens is 298 g/mol. The molecule has 20 heavy (non-hydrogen) atoms. The molecule has 102 valence electrons. The molecular formula is C15H11Cl2FN2. The van der Waals surface area contributed by atoms with Crippen LogP contribution in [0.2, 0.25) is 5.02 Å². The molecule has 0 radical (unpaired) electrons. The average Bonchev–Trinajstić information content (AvgIpc) is 2.78. The maximum absolute atomic E-state index is 13.1. The number of aromatic nitrogens is 2. The lowest BCUT2D eigenvalue weighted by Crippen LogP contribution is -2.02. The Bertz CT molecular complexity index is 750. The summed E-state index contributed by atoms with van der Waals surface area (Å²) in [6.07, 6.45) is 0.630. The Hall–Kier alpha value is -1.58. The van der Waals surface area contributed by atoms with Crippen LogP contribution in [0.15, 0.2) is 42.5 Å². The van der Waals surface area contributed by atoms with Crippen molar-refractivity contribution in [3.63, 3.8) is 0 Å². The lowest BCUT2D eigenvalue weighted by atomic mass is 10.2. The Kier molecular flexibility index (Phi) is 3.64. The Labute approximate surface area is 125 Å². The molecule has 0 fully saturated rings. The molecule has 3 rings (SSSR count). The van der Waals surface area contributed by atoms with Crippen LogP contribution in [-0.4, -0.2) is 15.4 Å². The van der Waals surface area contributed by atoms with Crippen molar-refractivity contribution in [2.24, 2.45) is 0 Å². The summed E-state index contributed by atoms with van der Waals surface area (Å²) in [6.45, 7) is 0. The number of fused-ring (bicyclic) bond motifs is 1. The summed E-state index contributed by atoms with van der Waals surface area (Å²) in [4.78, 5) is 4.57. The molecule has 0 saturated heterocycles. The van der Waals surface area contributed by atoms with Gasteiger partial charge in [0.05, 0.1) is 11.0 Å². The van der Waals surface area contributed by atoms with Crippen molar-refractivity contribution in [2.45, 2.75) is 6.42 Å². The van der Waals surface area contributed by atoms with E-state index in [0.29, 0.717) is 17.3 Å². The molecule has 0 aliphatic rings. The third kappa shape index (κ3) is 2.39. The number of halogens is 3. The van der Waals surface area contributed by atoms with Crippen LogP contribution in [0, 0.1) is 5.82 Å². The number of imidazole rings is 1. The van der Waals surface area contributed by atoms with Crippen molar-refractivity contribution in [3.8, 4) is 5.69 Å². The summed E-state index contributed by atoms with van der Waals surface area (Å²) >= 11 is 11.9. The van der Waals surface area contributed by atoms with Gasteiger partial charge < -0.3 is 0 Å². The van der Waals surface area contributed by atoms with E-state index in [1.54, 1.807) is 18.2 Å². The number of hydrogen-bond donors (Lipinski definition) is 0. The van der Waals surface area contributed by atoms with E-state index in [0.717, 1.165) is 22.5 Å². The van der Waals surface area contributed by atoms with Gasteiger partial charge in [-0.05, 0) is 42.5 Å². The zero-order chi connectivity index (χ0) is 14.1. The quantitative estimate of drug-likeness (QED) is 0.647. The Morgan fingerprint density at radius 1 is 1.10 bits per heavy atom. The van der Waals surface area contributed by atoms with Gasteiger partial charge in [0.25, 0.3) is 0 Å². The maximum Gasteiger partial charge on any atom is 0.123 e. The van der Waals surface area contributed by atoms with Crippen molar-refractivity contribution in [3.05, 3.63) is 59.1 Å². The fraction of sp³-hybridized carbons (Fsp3) is 0.133. The van der Waals surface area contributed by atoms with Gasteiger partial charge in [0.15, 0.2) is 0 Å². The van der Waals surface area contributed by atoms with Crippen molar-refractivity contribution in [1.29, 1.82) is 0 Å². The average molecular weight is 309 g/mol. The third-order valence-electron chi connectivity index (χ3n) is 3.09. The second kappa shape index (κ2) is 5.43. The van der Waals surface area contributed by atoms with Gasteiger partial charge in [-0.3, -0.25) is 4.57 Å². The van der Waals surface area contributed by atoms with E-state index in [9.17, 15) is 4.39 Å². The Morgan fingerprint density at radius 2 is 1.85 bits per heavy atom. The predicted octanol–water partition coefficient (Wildman–Crippen LogP) is 4.60. The van der Waals surface area contributed by atoms with Crippen LogP contribution in [-0.2, 0) is 6.42 Å². The molecule has 0 saturated carbocycles. The van der Waals surface area contributed by atoms with E-state index in [1.807, 2.05) is 16.7 Å². The first-order valence-corrected chi connectivity index (χ1v) is 7.09. The topological polar surface area (TPSA) is 17.8 Å². The molecule has 2 aromatic carbocycles. The van der Waals surface area contributed by atoms with Crippen LogP contribution in [0.3, 0.4) is 0 Å². The van der Waals surface area contributed by atoms with Gasteiger partial charge in [-0.15, -0.1) is 11.6 Å². The van der Waals surface area contributed by atoms with E-state index in [4.69, 9.17) is 23.2 Å². The van der Waals surface area contributed by atoms with Crippen molar-refractivity contribution < 1.29 is 4.39 Å². The van der Waals surface area contributed by atoms with E-state index in [2.05, 4.69) is 4.98 Å². The second-order valence-corrected chi connectivity index (χ2v) is 5.23. The number of aryl methyl sites for hydroxylation is 1. The fourth-order valence-electron chi connectivity index (χ4n) is 2.23. The first kappa shape index (κ1) is 13.4. The van der Waals surface area contributed by atoms with Crippen molar-refractivity contribution in [2.75, 3.05) is 5.88 Å². The normalized spacial score (nSPS) is 11.2. The van der Waals surface area contributed by atoms with Crippen LogP contribution in [0.25, 0.3) is 16.7 Å². The number of nitrogens with zero attached hydrogens (tertiary/aromatic N) is 2. The van der Waals surface area contributed by atoms with Gasteiger partial charge in [0, 0.05) is 23.0 Å². The smallest absolute Gasteiger partial charge is 0.123 e.